The highest BCUT2D eigenvalue weighted by Gasteiger charge is 2.09. The third-order valence-electron chi connectivity index (χ3n) is 2.98. The van der Waals surface area contributed by atoms with Crippen molar-refractivity contribution in [1.29, 1.82) is 0 Å². The van der Waals surface area contributed by atoms with Gasteiger partial charge in [0.05, 0.1) is 0 Å². The van der Waals surface area contributed by atoms with E-state index in [-0.39, 0.29) is 0 Å². The van der Waals surface area contributed by atoms with E-state index in [1.54, 1.807) is 11.8 Å². The van der Waals surface area contributed by atoms with Gasteiger partial charge in [-0.05, 0) is 36.8 Å². The molecule has 0 radical (unpaired) electrons. The Balaban J connectivity index is 2.24. The molecule has 0 fully saturated rings. The molecule has 0 heterocycles. The predicted octanol–water partition coefficient (Wildman–Crippen LogP) is 5.30. The average Bonchev–Trinajstić information content (AvgIpc) is 2.38. The Morgan fingerprint density at radius 2 is 1.90 bits per heavy atom. The van der Waals surface area contributed by atoms with E-state index >= 15 is 0 Å². The first-order valence-corrected chi connectivity index (χ1v) is 8.01. The van der Waals surface area contributed by atoms with Crippen molar-refractivity contribution >= 4 is 23.4 Å². The Morgan fingerprint density at radius 1 is 1.15 bits per heavy atom. The van der Waals surface area contributed by atoms with E-state index in [4.69, 9.17) is 11.6 Å². The number of aryl methyl sites for hydroxylation is 1. The largest absolute Gasteiger partial charge is 0.310 e. The molecule has 0 spiro atoms. The number of hydrogen-bond acceptors (Lipinski definition) is 2. The maximum atomic E-state index is 6.36. The summed E-state index contributed by atoms with van der Waals surface area (Å²) in [6, 6.07) is 15.1. The molecule has 2 aromatic rings. The van der Waals surface area contributed by atoms with Crippen molar-refractivity contribution in [2.45, 2.75) is 43.1 Å². The minimum absolute atomic E-state index is 0.447. The van der Waals surface area contributed by atoms with Crippen LogP contribution in [-0.4, -0.2) is 6.04 Å². The summed E-state index contributed by atoms with van der Waals surface area (Å²) in [6.45, 7) is 7.20. The van der Waals surface area contributed by atoms with Crippen LogP contribution in [0.5, 0.6) is 0 Å². The monoisotopic (exact) mass is 305 g/mol. The summed E-state index contributed by atoms with van der Waals surface area (Å²) in [5.41, 5.74) is 2.45. The zero-order valence-electron chi connectivity index (χ0n) is 12.1. The first-order valence-electron chi connectivity index (χ1n) is 6.81. The maximum Gasteiger partial charge on any atom is 0.0462 e. The van der Waals surface area contributed by atoms with Crippen LogP contribution in [0.25, 0.3) is 0 Å². The van der Waals surface area contributed by atoms with Gasteiger partial charge in [0.2, 0.25) is 0 Å². The Labute approximate surface area is 130 Å². The predicted molar refractivity (Wildman–Crippen MR) is 88.7 cm³/mol. The third-order valence-corrected chi connectivity index (χ3v) is 4.43. The molecule has 0 atom stereocenters. The first-order chi connectivity index (χ1) is 9.56. The van der Waals surface area contributed by atoms with Gasteiger partial charge in [-0.1, -0.05) is 61.0 Å². The Kier molecular flexibility index (Phi) is 5.53. The van der Waals surface area contributed by atoms with Gasteiger partial charge in [0.1, 0.15) is 0 Å². The van der Waals surface area contributed by atoms with Crippen LogP contribution in [0, 0.1) is 6.92 Å². The standard InChI is InChI=1S/C17H20ClNS/c1-12(2)19-11-15-16(18)8-5-9-17(15)20-14-7-4-6-13(3)10-14/h4-10,12,19H,11H2,1-3H3. The zero-order chi connectivity index (χ0) is 14.5. The average molecular weight is 306 g/mol. The van der Waals surface area contributed by atoms with Crippen LogP contribution in [0.4, 0.5) is 0 Å². The lowest BCUT2D eigenvalue weighted by atomic mass is 10.2. The van der Waals surface area contributed by atoms with E-state index in [0.717, 1.165) is 11.6 Å². The Hall–Kier alpha value is -0.960. The topological polar surface area (TPSA) is 12.0 Å². The molecule has 0 aliphatic carbocycles. The summed E-state index contributed by atoms with van der Waals surface area (Å²) >= 11 is 8.13. The highest BCUT2D eigenvalue weighted by molar-refractivity contribution is 7.99. The maximum absolute atomic E-state index is 6.36. The molecule has 2 aromatic carbocycles. The fourth-order valence-corrected chi connectivity index (χ4v) is 3.31. The minimum atomic E-state index is 0.447. The van der Waals surface area contributed by atoms with Crippen LogP contribution in [-0.2, 0) is 6.54 Å². The van der Waals surface area contributed by atoms with Gasteiger partial charge in [0.15, 0.2) is 0 Å². The van der Waals surface area contributed by atoms with Crippen LogP contribution in [0.3, 0.4) is 0 Å². The number of halogens is 1. The molecule has 0 bridgehead atoms. The van der Waals surface area contributed by atoms with Crippen molar-refractivity contribution < 1.29 is 0 Å². The van der Waals surface area contributed by atoms with Crippen LogP contribution < -0.4 is 5.32 Å². The van der Waals surface area contributed by atoms with Crippen molar-refractivity contribution in [2.24, 2.45) is 0 Å². The normalized spacial score (nSPS) is 11.1. The van der Waals surface area contributed by atoms with Crippen LogP contribution in [0.15, 0.2) is 52.3 Å². The molecule has 1 nitrogen and oxygen atoms in total. The first kappa shape index (κ1) is 15.4. The number of hydrogen-bond donors (Lipinski definition) is 1. The van der Waals surface area contributed by atoms with E-state index in [1.165, 1.54) is 20.9 Å². The number of nitrogens with one attached hydrogen (secondary N) is 1. The van der Waals surface area contributed by atoms with Crippen molar-refractivity contribution in [3.8, 4) is 0 Å². The van der Waals surface area contributed by atoms with E-state index in [1.807, 2.05) is 12.1 Å². The molecule has 0 aliphatic rings. The molecule has 20 heavy (non-hydrogen) atoms. The third kappa shape index (κ3) is 4.27. The molecule has 0 saturated heterocycles. The molecular formula is C17H20ClNS. The van der Waals surface area contributed by atoms with Crippen molar-refractivity contribution in [2.75, 3.05) is 0 Å². The lowest BCUT2D eigenvalue weighted by Gasteiger charge is -2.14. The highest BCUT2D eigenvalue weighted by atomic mass is 35.5. The van der Waals surface area contributed by atoms with Crippen LogP contribution >= 0.6 is 23.4 Å². The molecule has 0 unspecified atom stereocenters. The van der Waals surface area contributed by atoms with Crippen molar-refractivity contribution in [3.05, 3.63) is 58.6 Å². The summed E-state index contributed by atoms with van der Waals surface area (Å²) in [7, 11) is 0. The molecule has 2 rings (SSSR count). The second-order valence-electron chi connectivity index (χ2n) is 5.17. The van der Waals surface area contributed by atoms with Gasteiger partial charge in [-0.3, -0.25) is 0 Å². The molecule has 0 aliphatic heterocycles. The molecule has 0 aromatic heterocycles. The zero-order valence-corrected chi connectivity index (χ0v) is 13.7. The van der Waals surface area contributed by atoms with E-state index < -0.39 is 0 Å². The van der Waals surface area contributed by atoms with Crippen molar-refractivity contribution in [1.82, 2.24) is 5.32 Å². The van der Waals surface area contributed by atoms with Gasteiger partial charge in [-0.25, -0.2) is 0 Å². The van der Waals surface area contributed by atoms with E-state index in [0.29, 0.717) is 6.04 Å². The van der Waals surface area contributed by atoms with Gasteiger partial charge in [0.25, 0.3) is 0 Å². The quantitative estimate of drug-likeness (QED) is 0.804. The van der Waals surface area contributed by atoms with E-state index in [9.17, 15) is 0 Å². The lowest BCUT2D eigenvalue weighted by molar-refractivity contribution is 0.585. The van der Waals surface area contributed by atoms with Gasteiger partial charge < -0.3 is 5.32 Å². The molecule has 3 heteroatoms. The van der Waals surface area contributed by atoms with Crippen LogP contribution in [0.2, 0.25) is 5.02 Å². The molecule has 0 amide bonds. The molecular weight excluding hydrogens is 286 g/mol. The van der Waals surface area contributed by atoms with Crippen molar-refractivity contribution in [3.63, 3.8) is 0 Å². The minimum Gasteiger partial charge on any atom is -0.310 e. The second kappa shape index (κ2) is 7.16. The fourth-order valence-electron chi connectivity index (χ4n) is 1.92. The summed E-state index contributed by atoms with van der Waals surface area (Å²) < 4.78 is 0. The van der Waals surface area contributed by atoms with Gasteiger partial charge >= 0.3 is 0 Å². The number of benzene rings is 2. The number of rotatable bonds is 5. The lowest BCUT2D eigenvalue weighted by Crippen LogP contribution is -2.22. The second-order valence-corrected chi connectivity index (χ2v) is 6.69. The smallest absolute Gasteiger partial charge is 0.0462 e. The summed E-state index contributed by atoms with van der Waals surface area (Å²) in [5, 5.41) is 4.27. The van der Waals surface area contributed by atoms with Gasteiger partial charge in [-0.15, -0.1) is 0 Å². The fraction of sp³-hybridized carbons (Fsp3) is 0.294. The molecule has 106 valence electrons. The highest BCUT2D eigenvalue weighted by Crippen LogP contribution is 2.34. The Morgan fingerprint density at radius 3 is 2.60 bits per heavy atom. The SMILES string of the molecule is Cc1cccc(Sc2cccc(Cl)c2CNC(C)C)c1. The van der Waals surface area contributed by atoms with Gasteiger partial charge in [0, 0.05) is 27.4 Å². The Bertz CT molecular complexity index is 581. The summed E-state index contributed by atoms with van der Waals surface area (Å²) in [4.78, 5) is 2.47. The summed E-state index contributed by atoms with van der Waals surface area (Å²) in [6.07, 6.45) is 0. The van der Waals surface area contributed by atoms with Crippen LogP contribution in [0.1, 0.15) is 25.0 Å². The van der Waals surface area contributed by atoms with E-state index in [2.05, 4.69) is 56.4 Å². The van der Waals surface area contributed by atoms with Gasteiger partial charge in [-0.2, -0.15) is 0 Å². The molecule has 1 N–H and O–H groups in total. The summed E-state index contributed by atoms with van der Waals surface area (Å²) in [5.74, 6) is 0. The molecule has 0 saturated carbocycles.